The summed E-state index contributed by atoms with van der Waals surface area (Å²) in [7, 11) is 0. The first-order valence-electron chi connectivity index (χ1n) is 16.1. The molecular formula is C33H46N2O10S. The zero-order valence-corrected chi connectivity index (χ0v) is 27.8. The number of Topliss-reactive ketones (excluding diaryl/α,β-unsaturated/α-hetero) is 2. The Morgan fingerprint density at radius 3 is 2.46 bits per heavy atom. The smallest absolute Gasteiger partial charge is 0.326 e. The number of rotatable bonds is 13. The molecule has 46 heavy (non-hydrogen) atoms. The maximum absolute atomic E-state index is 13.8. The highest BCUT2D eigenvalue weighted by molar-refractivity contribution is 7.98. The molecule has 0 aromatic rings. The summed E-state index contributed by atoms with van der Waals surface area (Å²) >= 11 is 1.44. The average molecular weight is 663 g/mol. The fourth-order valence-electron chi connectivity index (χ4n) is 8.57. The van der Waals surface area contributed by atoms with Crippen LogP contribution in [-0.2, 0) is 38.3 Å². The molecular weight excluding hydrogens is 616 g/mol. The largest absolute Gasteiger partial charge is 0.480 e. The van der Waals surface area contributed by atoms with Gasteiger partial charge in [-0.15, -0.1) is 0 Å². The van der Waals surface area contributed by atoms with Gasteiger partial charge in [-0.2, -0.15) is 11.8 Å². The number of nitrogens with one attached hydrogen (secondary N) is 2. The Kier molecular flexibility index (Phi) is 10.9. The summed E-state index contributed by atoms with van der Waals surface area (Å²) in [6, 6.07) is -2.13. The van der Waals surface area contributed by atoms with E-state index in [9.17, 15) is 43.8 Å². The van der Waals surface area contributed by atoms with Crippen LogP contribution in [0.5, 0.6) is 0 Å². The number of carbonyl (C=O) groups is 7. The van der Waals surface area contributed by atoms with Crippen LogP contribution < -0.4 is 10.6 Å². The third-order valence-electron chi connectivity index (χ3n) is 11.2. The second-order valence-corrected chi connectivity index (χ2v) is 14.8. The molecule has 0 radical (unpaired) electrons. The fourth-order valence-corrected chi connectivity index (χ4v) is 9.04. The van der Waals surface area contributed by atoms with Crippen LogP contribution in [0.15, 0.2) is 11.6 Å². The van der Waals surface area contributed by atoms with Crippen molar-refractivity contribution in [2.75, 3.05) is 18.6 Å². The average Bonchev–Trinajstić information content (AvgIpc) is 3.27. The highest BCUT2D eigenvalue weighted by atomic mass is 32.2. The van der Waals surface area contributed by atoms with Crippen LogP contribution in [0.3, 0.4) is 0 Å². The van der Waals surface area contributed by atoms with Gasteiger partial charge in [0.25, 0.3) is 0 Å². The summed E-state index contributed by atoms with van der Waals surface area (Å²) in [6.07, 6.45) is 6.26. The molecule has 0 saturated heterocycles. The van der Waals surface area contributed by atoms with E-state index in [0.29, 0.717) is 37.9 Å². The lowest BCUT2D eigenvalue weighted by Gasteiger charge is -2.57. The SMILES string of the molecule is CSCC[C@H](NC(=O)[C@H](C)NC(=O)CCC(=O)OCC(=O)[C@@]1(O)CC[C@H]2[C@H]3CCC4=CC(=O)CC[C@]4(C)[C@@H]3C(=O)C[C@@]21C)C(=O)O. The van der Waals surface area contributed by atoms with Crippen LogP contribution in [0.25, 0.3) is 0 Å². The molecule has 4 rings (SSSR count). The minimum absolute atomic E-state index is 0.00341. The van der Waals surface area contributed by atoms with Gasteiger partial charge >= 0.3 is 11.9 Å². The van der Waals surface area contributed by atoms with Crippen molar-refractivity contribution in [3.8, 4) is 0 Å². The third kappa shape index (κ3) is 6.81. The van der Waals surface area contributed by atoms with Crippen molar-refractivity contribution in [1.29, 1.82) is 0 Å². The Labute approximate surface area is 273 Å². The van der Waals surface area contributed by atoms with Gasteiger partial charge < -0.3 is 25.6 Å². The molecule has 4 aliphatic carbocycles. The number of fused-ring (bicyclic) bond motifs is 5. The molecule has 3 fully saturated rings. The molecule has 0 aromatic carbocycles. The van der Waals surface area contributed by atoms with Gasteiger partial charge in [0, 0.05) is 30.6 Å². The molecule has 0 aliphatic heterocycles. The van der Waals surface area contributed by atoms with Crippen LogP contribution in [0.1, 0.15) is 85.0 Å². The van der Waals surface area contributed by atoms with Crippen molar-refractivity contribution in [1.82, 2.24) is 10.6 Å². The number of carboxylic acids is 1. The van der Waals surface area contributed by atoms with Gasteiger partial charge in [-0.1, -0.05) is 19.4 Å². The molecule has 8 atom stereocenters. The molecule has 0 spiro atoms. The van der Waals surface area contributed by atoms with Crippen LogP contribution in [0.2, 0.25) is 0 Å². The molecule has 0 unspecified atom stereocenters. The van der Waals surface area contributed by atoms with Gasteiger partial charge in [0.05, 0.1) is 6.42 Å². The summed E-state index contributed by atoms with van der Waals surface area (Å²) < 4.78 is 5.16. The zero-order chi connectivity index (χ0) is 34.0. The van der Waals surface area contributed by atoms with Gasteiger partial charge in [0.2, 0.25) is 17.6 Å². The molecule has 0 bridgehead atoms. The standard InChI is InChI=1S/C33H46N2O10S/c1-18(29(41)35-23(30(42)43)11-14-46-4)34-26(39)7-8-27(40)45-17-25(38)33(44)13-10-22-21-6-5-19-15-20(36)9-12-31(19,2)28(21)24(37)16-32(22,33)3/h15,18,21-23,28,44H,5-14,16-17H2,1-4H3,(H,34,39)(H,35,41)(H,42,43)/t18-,21+,22-,23-,28-,31-,32-,33-/m0/s1. The highest BCUT2D eigenvalue weighted by Gasteiger charge is 2.68. The Balaban J connectivity index is 1.29. The van der Waals surface area contributed by atoms with Crippen LogP contribution in [0.4, 0.5) is 0 Å². The number of aliphatic hydroxyl groups is 1. The molecule has 13 heteroatoms. The van der Waals surface area contributed by atoms with E-state index in [1.807, 2.05) is 6.26 Å². The summed E-state index contributed by atoms with van der Waals surface area (Å²) in [5.74, 6) is -3.71. The van der Waals surface area contributed by atoms with E-state index in [2.05, 4.69) is 17.6 Å². The van der Waals surface area contributed by atoms with E-state index >= 15 is 0 Å². The molecule has 12 nitrogen and oxygen atoms in total. The molecule has 4 aliphatic rings. The van der Waals surface area contributed by atoms with Crippen molar-refractivity contribution in [2.45, 2.75) is 103 Å². The van der Waals surface area contributed by atoms with Crippen molar-refractivity contribution >= 4 is 52.9 Å². The number of hydrogen-bond donors (Lipinski definition) is 4. The first-order valence-corrected chi connectivity index (χ1v) is 17.5. The topological polar surface area (TPSA) is 193 Å². The quantitative estimate of drug-likeness (QED) is 0.211. The van der Waals surface area contributed by atoms with Gasteiger partial charge in [-0.25, -0.2) is 4.79 Å². The van der Waals surface area contributed by atoms with Crippen molar-refractivity contribution < 1.29 is 48.5 Å². The maximum Gasteiger partial charge on any atom is 0.326 e. The first kappa shape index (κ1) is 35.8. The lowest BCUT2D eigenvalue weighted by Crippen LogP contribution is -2.61. The summed E-state index contributed by atoms with van der Waals surface area (Å²) in [5, 5.41) is 25.9. The van der Waals surface area contributed by atoms with Crippen LogP contribution in [-0.4, -0.2) is 87.6 Å². The van der Waals surface area contributed by atoms with E-state index in [1.54, 1.807) is 13.0 Å². The molecule has 4 N–H and O–H groups in total. The lowest BCUT2D eigenvalue weighted by atomic mass is 9.46. The van der Waals surface area contributed by atoms with Gasteiger partial charge in [-0.3, -0.25) is 28.8 Å². The number of ketones is 3. The number of carbonyl (C=O) groups excluding carboxylic acids is 6. The zero-order valence-electron chi connectivity index (χ0n) is 27.0. The van der Waals surface area contributed by atoms with E-state index in [4.69, 9.17) is 4.74 Å². The van der Waals surface area contributed by atoms with E-state index in [1.165, 1.54) is 18.7 Å². The molecule has 0 heterocycles. The number of aliphatic carboxylic acids is 1. The second-order valence-electron chi connectivity index (χ2n) is 13.9. The van der Waals surface area contributed by atoms with E-state index < -0.39 is 64.7 Å². The fraction of sp³-hybridized carbons (Fsp3) is 0.727. The number of thioether (sulfide) groups is 1. The minimum atomic E-state index is -1.85. The number of amides is 2. The third-order valence-corrected chi connectivity index (χ3v) is 11.8. The van der Waals surface area contributed by atoms with Gasteiger partial charge in [0.1, 0.15) is 23.5 Å². The molecule has 3 saturated carbocycles. The van der Waals surface area contributed by atoms with E-state index in [0.717, 1.165) is 5.57 Å². The highest BCUT2D eigenvalue weighted by Crippen LogP contribution is 2.66. The predicted octanol–water partition coefficient (Wildman–Crippen LogP) is 2.15. The minimum Gasteiger partial charge on any atom is -0.480 e. The Morgan fingerprint density at radius 2 is 1.78 bits per heavy atom. The number of ether oxygens (including phenoxy) is 1. The van der Waals surface area contributed by atoms with Crippen molar-refractivity contribution in [3.05, 3.63) is 11.6 Å². The van der Waals surface area contributed by atoms with Crippen LogP contribution >= 0.6 is 11.8 Å². The summed E-state index contributed by atoms with van der Waals surface area (Å²) in [4.78, 5) is 87.8. The Bertz CT molecular complexity index is 1330. The van der Waals surface area contributed by atoms with Crippen molar-refractivity contribution in [2.24, 2.45) is 28.6 Å². The monoisotopic (exact) mass is 662 g/mol. The molecule has 0 aromatic heterocycles. The number of esters is 1. The Morgan fingerprint density at radius 1 is 1.07 bits per heavy atom. The van der Waals surface area contributed by atoms with Crippen molar-refractivity contribution in [3.63, 3.8) is 0 Å². The maximum atomic E-state index is 13.8. The number of carboxylic acid groups (broad SMARTS) is 1. The first-order chi connectivity index (χ1) is 21.6. The van der Waals surface area contributed by atoms with Gasteiger partial charge in [0.15, 0.2) is 12.4 Å². The second kappa shape index (κ2) is 14.0. The lowest BCUT2D eigenvalue weighted by molar-refractivity contribution is -0.173. The summed E-state index contributed by atoms with van der Waals surface area (Å²) in [6.45, 7) is 4.57. The summed E-state index contributed by atoms with van der Waals surface area (Å²) in [5.41, 5.74) is -2.21. The van der Waals surface area contributed by atoms with Gasteiger partial charge in [-0.05, 0) is 80.8 Å². The molecule has 254 valence electrons. The molecule has 2 amide bonds. The normalized spacial score (nSPS) is 33.0. The number of hydrogen-bond acceptors (Lipinski definition) is 10. The van der Waals surface area contributed by atoms with E-state index in [-0.39, 0.29) is 61.4 Å². The van der Waals surface area contributed by atoms with Crippen LogP contribution in [0, 0.1) is 28.6 Å². The number of allylic oxidation sites excluding steroid dienone is 1. The Hall–Kier alpha value is -3.06. The predicted molar refractivity (Wildman–Crippen MR) is 167 cm³/mol.